The van der Waals surface area contributed by atoms with Crippen LogP contribution in [0.5, 0.6) is 0 Å². The summed E-state index contributed by atoms with van der Waals surface area (Å²) in [6, 6.07) is 12.4. The first-order valence-electron chi connectivity index (χ1n) is 7.32. The Kier molecular flexibility index (Phi) is 4.33. The highest BCUT2D eigenvalue weighted by Gasteiger charge is 2.25. The van der Waals surface area contributed by atoms with Gasteiger partial charge in [0.1, 0.15) is 0 Å². The zero-order chi connectivity index (χ0) is 15.6. The maximum atomic E-state index is 11.2. The average molecular weight is 284 g/mol. The van der Waals surface area contributed by atoms with Crippen LogP contribution in [0.3, 0.4) is 0 Å². The number of amides is 1. The summed E-state index contributed by atoms with van der Waals surface area (Å²) in [6.45, 7) is 6.17. The fourth-order valence-corrected chi connectivity index (χ4v) is 3.14. The van der Waals surface area contributed by atoms with E-state index in [1.165, 1.54) is 21.9 Å². The first-order valence-corrected chi connectivity index (χ1v) is 7.32. The molecule has 0 heterocycles. The minimum atomic E-state index is -0.276. The summed E-state index contributed by atoms with van der Waals surface area (Å²) in [5.41, 5.74) is 14.0. The van der Waals surface area contributed by atoms with Gasteiger partial charge >= 0.3 is 0 Å². The Morgan fingerprint density at radius 2 is 1.86 bits per heavy atom. The highest BCUT2D eigenvalue weighted by Crippen LogP contribution is 2.35. The number of hydrogen-bond acceptors (Lipinski definition) is 2. The van der Waals surface area contributed by atoms with Crippen molar-refractivity contribution >= 4 is 16.7 Å². The van der Waals surface area contributed by atoms with Crippen LogP contribution in [0, 0.1) is 12.3 Å². The summed E-state index contributed by atoms with van der Waals surface area (Å²) in [7, 11) is 0. The van der Waals surface area contributed by atoms with Crippen LogP contribution in [-0.2, 0) is 4.79 Å². The second-order valence-corrected chi connectivity index (χ2v) is 6.64. The van der Waals surface area contributed by atoms with Gasteiger partial charge in [-0.1, -0.05) is 50.2 Å². The molecule has 0 saturated carbocycles. The van der Waals surface area contributed by atoms with Gasteiger partial charge in [0.2, 0.25) is 5.91 Å². The number of rotatable bonds is 5. The van der Waals surface area contributed by atoms with Gasteiger partial charge in [0.25, 0.3) is 0 Å². The molecule has 2 aromatic carbocycles. The molecule has 112 valence electrons. The van der Waals surface area contributed by atoms with Crippen molar-refractivity contribution in [2.75, 3.05) is 0 Å². The molecule has 2 aromatic rings. The molecule has 0 aliphatic rings. The molecule has 1 atom stereocenters. The van der Waals surface area contributed by atoms with Gasteiger partial charge in [-0.3, -0.25) is 4.79 Å². The van der Waals surface area contributed by atoms with Gasteiger partial charge in [0.15, 0.2) is 0 Å². The Hall–Kier alpha value is -1.87. The van der Waals surface area contributed by atoms with Crippen molar-refractivity contribution in [3.63, 3.8) is 0 Å². The predicted molar refractivity (Wildman–Crippen MR) is 87.8 cm³/mol. The molecule has 1 amide bonds. The average Bonchev–Trinajstić information content (AvgIpc) is 2.35. The molecular weight excluding hydrogens is 260 g/mol. The monoisotopic (exact) mass is 284 g/mol. The quantitative estimate of drug-likeness (QED) is 0.883. The molecule has 21 heavy (non-hydrogen) atoms. The summed E-state index contributed by atoms with van der Waals surface area (Å²) in [6.07, 6.45) is 1.08. The Balaban J connectivity index is 2.37. The van der Waals surface area contributed by atoms with Crippen molar-refractivity contribution in [3.05, 3.63) is 47.5 Å². The fraction of sp³-hybridized carbons (Fsp3) is 0.389. The first-order chi connectivity index (χ1) is 9.80. The van der Waals surface area contributed by atoms with Crippen molar-refractivity contribution < 1.29 is 4.79 Å². The summed E-state index contributed by atoms with van der Waals surface area (Å²) in [5.74, 6) is -0.276. The summed E-state index contributed by atoms with van der Waals surface area (Å²) in [5, 5.41) is 2.39. The molecule has 0 saturated heterocycles. The number of primary amides is 1. The van der Waals surface area contributed by atoms with E-state index < -0.39 is 0 Å². The molecule has 4 N–H and O–H groups in total. The zero-order valence-electron chi connectivity index (χ0n) is 13.0. The minimum Gasteiger partial charge on any atom is -0.370 e. The van der Waals surface area contributed by atoms with Gasteiger partial charge in [-0.15, -0.1) is 0 Å². The van der Waals surface area contributed by atoms with E-state index in [2.05, 4.69) is 31.2 Å². The highest BCUT2D eigenvalue weighted by molar-refractivity contribution is 5.87. The number of benzene rings is 2. The molecule has 0 fully saturated rings. The first kappa shape index (κ1) is 15.5. The van der Waals surface area contributed by atoms with Crippen LogP contribution >= 0.6 is 0 Å². The third-order valence-corrected chi connectivity index (χ3v) is 3.98. The van der Waals surface area contributed by atoms with Crippen LogP contribution < -0.4 is 11.5 Å². The lowest BCUT2D eigenvalue weighted by atomic mass is 9.79. The Labute approximate surface area is 126 Å². The lowest BCUT2D eigenvalue weighted by Gasteiger charge is -2.28. The smallest absolute Gasteiger partial charge is 0.217 e. The topological polar surface area (TPSA) is 69.1 Å². The van der Waals surface area contributed by atoms with Crippen LogP contribution in [0.1, 0.15) is 43.9 Å². The summed E-state index contributed by atoms with van der Waals surface area (Å²) >= 11 is 0. The highest BCUT2D eigenvalue weighted by atomic mass is 16.1. The van der Waals surface area contributed by atoms with Crippen LogP contribution in [0.15, 0.2) is 36.4 Å². The van der Waals surface area contributed by atoms with Crippen LogP contribution in [0.25, 0.3) is 10.8 Å². The standard InChI is InChI=1S/C18H24N2O/c1-12-8-9-13-6-4-5-7-14(13)17(12)15(19)10-18(2,3)11-16(20)21/h4-9,15H,10-11,19H2,1-3H3,(H2,20,21). The van der Waals surface area contributed by atoms with E-state index >= 15 is 0 Å². The van der Waals surface area contributed by atoms with E-state index in [0.29, 0.717) is 6.42 Å². The summed E-state index contributed by atoms with van der Waals surface area (Å²) in [4.78, 5) is 11.2. The van der Waals surface area contributed by atoms with Gasteiger partial charge in [-0.05, 0) is 40.7 Å². The van der Waals surface area contributed by atoms with E-state index in [9.17, 15) is 4.79 Å². The van der Waals surface area contributed by atoms with Crippen LogP contribution in [-0.4, -0.2) is 5.91 Å². The number of carbonyl (C=O) groups excluding carboxylic acids is 1. The Bertz CT molecular complexity index is 661. The SMILES string of the molecule is Cc1ccc2ccccc2c1C(N)CC(C)(C)CC(N)=O. The fourth-order valence-electron chi connectivity index (χ4n) is 3.14. The maximum Gasteiger partial charge on any atom is 0.217 e. The zero-order valence-corrected chi connectivity index (χ0v) is 13.0. The number of aryl methyl sites for hydroxylation is 1. The van der Waals surface area contributed by atoms with Crippen molar-refractivity contribution in [1.82, 2.24) is 0 Å². The number of hydrogen-bond donors (Lipinski definition) is 2. The van der Waals surface area contributed by atoms with Crippen molar-refractivity contribution in [1.29, 1.82) is 0 Å². The van der Waals surface area contributed by atoms with Crippen molar-refractivity contribution in [2.24, 2.45) is 16.9 Å². The molecule has 0 aliphatic carbocycles. The van der Waals surface area contributed by atoms with Gasteiger partial charge in [0.05, 0.1) is 0 Å². The van der Waals surface area contributed by atoms with E-state index in [1.807, 2.05) is 26.0 Å². The van der Waals surface area contributed by atoms with Crippen LogP contribution in [0.4, 0.5) is 0 Å². The molecule has 0 bridgehead atoms. The molecule has 0 aliphatic heterocycles. The van der Waals surface area contributed by atoms with E-state index in [0.717, 1.165) is 6.42 Å². The van der Waals surface area contributed by atoms with E-state index in [1.54, 1.807) is 0 Å². The molecule has 3 nitrogen and oxygen atoms in total. The predicted octanol–water partition coefficient (Wildman–Crippen LogP) is 3.44. The van der Waals surface area contributed by atoms with Crippen molar-refractivity contribution in [2.45, 2.75) is 39.7 Å². The lowest BCUT2D eigenvalue weighted by molar-refractivity contribution is -0.120. The van der Waals surface area contributed by atoms with Crippen molar-refractivity contribution in [3.8, 4) is 0 Å². The summed E-state index contributed by atoms with van der Waals surface area (Å²) < 4.78 is 0. The van der Waals surface area contributed by atoms with Gasteiger partial charge in [-0.2, -0.15) is 0 Å². The Morgan fingerprint density at radius 1 is 1.19 bits per heavy atom. The molecule has 1 unspecified atom stereocenters. The third-order valence-electron chi connectivity index (χ3n) is 3.98. The molecule has 0 aromatic heterocycles. The normalized spacial score (nSPS) is 13.3. The lowest BCUT2D eigenvalue weighted by Crippen LogP contribution is -2.27. The molecule has 0 spiro atoms. The number of nitrogens with two attached hydrogens (primary N) is 2. The largest absolute Gasteiger partial charge is 0.370 e. The van der Waals surface area contributed by atoms with Gasteiger partial charge in [0, 0.05) is 12.5 Å². The van der Waals surface area contributed by atoms with E-state index in [4.69, 9.17) is 11.5 Å². The second kappa shape index (κ2) is 5.86. The van der Waals surface area contributed by atoms with Gasteiger partial charge in [-0.25, -0.2) is 0 Å². The molecular formula is C18H24N2O. The maximum absolute atomic E-state index is 11.2. The molecule has 2 rings (SSSR count). The number of fused-ring (bicyclic) bond motifs is 1. The molecule has 0 radical (unpaired) electrons. The third kappa shape index (κ3) is 3.61. The second-order valence-electron chi connectivity index (χ2n) is 6.64. The minimum absolute atomic E-state index is 0.106. The number of carbonyl (C=O) groups is 1. The van der Waals surface area contributed by atoms with Crippen LogP contribution in [0.2, 0.25) is 0 Å². The molecule has 3 heteroatoms. The van der Waals surface area contributed by atoms with E-state index in [-0.39, 0.29) is 17.4 Å². The van der Waals surface area contributed by atoms with Gasteiger partial charge < -0.3 is 11.5 Å². The Morgan fingerprint density at radius 3 is 2.52 bits per heavy atom.